The van der Waals surface area contributed by atoms with E-state index in [9.17, 15) is 13.2 Å². The highest BCUT2D eigenvalue weighted by Gasteiger charge is 2.28. The molecular weight excluding hydrogens is 392 g/mol. The number of aromatic nitrogens is 4. The minimum atomic E-state index is -4.10. The molecule has 10 heteroatoms. The Bertz CT molecular complexity index is 1380. The number of fused-ring (bicyclic) bond motifs is 3. The van der Waals surface area contributed by atoms with Crippen LogP contribution < -0.4 is 10.3 Å². The highest BCUT2D eigenvalue weighted by molar-refractivity contribution is 7.91. The number of aromatic amines is 1. The second-order valence-electron chi connectivity index (χ2n) is 5.93. The summed E-state index contributed by atoms with van der Waals surface area (Å²) in [4.78, 5) is 14.9. The number of benzene rings is 2. The maximum atomic E-state index is 13.1. The lowest BCUT2D eigenvalue weighted by atomic mass is 10.2. The van der Waals surface area contributed by atoms with E-state index >= 15 is 0 Å². The highest BCUT2D eigenvalue weighted by Crippen LogP contribution is 2.29. The largest absolute Gasteiger partial charge is 0.497 e. The van der Waals surface area contributed by atoms with Gasteiger partial charge < -0.3 is 9.72 Å². The Morgan fingerprint density at radius 1 is 1.19 bits per heavy atom. The summed E-state index contributed by atoms with van der Waals surface area (Å²) in [6.07, 6.45) is 0. The third kappa shape index (κ3) is 2.66. The monoisotopic (exact) mass is 404 g/mol. The molecule has 0 atom stereocenters. The average Bonchev–Trinajstić information content (AvgIpc) is 3.05. The van der Waals surface area contributed by atoms with Crippen molar-refractivity contribution < 1.29 is 13.2 Å². The number of hydrogen-bond acceptors (Lipinski definition) is 6. The van der Waals surface area contributed by atoms with Gasteiger partial charge in [-0.1, -0.05) is 22.9 Å². The summed E-state index contributed by atoms with van der Waals surface area (Å²) < 4.78 is 32.6. The van der Waals surface area contributed by atoms with E-state index in [2.05, 4.69) is 15.3 Å². The molecule has 2 aromatic heterocycles. The van der Waals surface area contributed by atoms with Gasteiger partial charge in [-0.2, -0.15) is 4.52 Å². The smallest absolute Gasteiger partial charge is 0.259 e. The van der Waals surface area contributed by atoms with Crippen molar-refractivity contribution in [1.29, 1.82) is 0 Å². The van der Waals surface area contributed by atoms with Crippen LogP contribution in [0.5, 0.6) is 5.75 Å². The molecule has 0 aliphatic rings. The molecule has 0 bridgehead atoms. The number of nitrogens with zero attached hydrogens (tertiary/aromatic N) is 3. The van der Waals surface area contributed by atoms with Crippen molar-refractivity contribution in [3.05, 3.63) is 57.3 Å². The van der Waals surface area contributed by atoms with Gasteiger partial charge in [-0.05, 0) is 36.8 Å². The van der Waals surface area contributed by atoms with E-state index in [-0.39, 0.29) is 20.6 Å². The number of ether oxygens (including phenoxy) is 1. The van der Waals surface area contributed by atoms with Gasteiger partial charge in [0, 0.05) is 6.07 Å². The first-order valence-corrected chi connectivity index (χ1v) is 9.66. The van der Waals surface area contributed by atoms with Crippen LogP contribution in [-0.4, -0.2) is 35.3 Å². The lowest BCUT2D eigenvalue weighted by Crippen LogP contribution is -2.12. The predicted molar refractivity (Wildman–Crippen MR) is 99.3 cm³/mol. The highest BCUT2D eigenvalue weighted by atomic mass is 35.5. The Hall–Kier alpha value is -2.91. The van der Waals surface area contributed by atoms with Crippen LogP contribution in [0.25, 0.3) is 16.6 Å². The van der Waals surface area contributed by atoms with E-state index < -0.39 is 15.4 Å². The molecule has 4 rings (SSSR count). The van der Waals surface area contributed by atoms with Crippen molar-refractivity contribution >= 4 is 38.0 Å². The SMILES string of the molecule is COc1ccc2c(=O)[nH]c3c(S(=O)(=O)c4ccc(C)cc4Cl)nnn3c2c1. The zero-order chi connectivity index (χ0) is 19.3. The number of halogens is 1. The van der Waals surface area contributed by atoms with E-state index in [1.165, 1.54) is 17.7 Å². The van der Waals surface area contributed by atoms with Crippen molar-refractivity contribution in [3.63, 3.8) is 0 Å². The number of nitrogens with one attached hydrogen (secondary N) is 1. The second kappa shape index (κ2) is 6.07. The molecule has 0 saturated carbocycles. The van der Waals surface area contributed by atoms with E-state index in [1.54, 1.807) is 37.3 Å². The van der Waals surface area contributed by atoms with Gasteiger partial charge in [0.2, 0.25) is 14.9 Å². The van der Waals surface area contributed by atoms with E-state index in [0.29, 0.717) is 16.7 Å². The molecule has 0 spiro atoms. The number of hydrogen-bond donors (Lipinski definition) is 1. The molecule has 8 nitrogen and oxygen atoms in total. The summed E-state index contributed by atoms with van der Waals surface area (Å²) in [7, 11) is -2.61. The van der Waals surface area contributed by atoms with Crippen molar-refractivity contribution in [2.45, 2.75) is 16.8 Å². The van der Waals surface area contributed by atoms with Crippen LogP contribution in [0.3, 0.4) is 0 Å². The zero-order valence-electron chi connectivity index (χ0n) is 14.2. The number of aryl methyl sites for hydroxylation is 1. The minimum absolute atomic E-state index is 0.0441. The molecule has 2 heterocycles. The topological polar surface area (TPSA) is 106 Å². The van der Waals surface area contributed by atoms with Crippen LogP contribution >= 0.6 is 11.6 Å². The van der Waals surface area contributed by atoms with Crippen molar-refractivity contribution in [2.75, 3.05) is 7.11 Å². The summed E-state index contributed by atoms with van der Waals surface area (Å²) >= 11 is 6.13. The fraction of sp³-hybridized carbons (Fsp3) is 0.118. The summed E-state index contributed by atoms with van der Waals surface area (Å²) in [6, 6.07) is 9.36. The number of methoxy groups -OCH3 is 1. The molecule has 4 aromatic rings. The van der Waals surface area contributed by atoms with Gasteiger partial charge in [0.05, 0.1) is 27.9 Å². The third-order valence-corrected chi connectivity index (χ3v) is 6.32. The molecule has 0 saturated heterocycles. The van der Waals surface area contributed by atoms with Crippen LogP contribution in [0, 0.1) is 6.92 Å². The first-order valence-electron chi connectivity index (χ1n) is 7.79. The fourth-order valence-corrected chi connectivity index (χ4v) is 4.68. The Labute approximate surface area is 158 Å². The molecule has 138 valence electrons. The van der Waals surface area contributed by atoms with Crippen molar-refractivity contribution in [2.24, 2.45) is 0 Å². The summed E-state index contributed by atoms with van der Waals surface area (Å²) in [5.74, 6) is 0.496. The van der Waals surface area contributed by atoms with Gasteiger partial charge in [-0.3, -0.25) is 4.79 Å². The summed E-state index contributed by atoms with van der Waals surface area (Å²) in [6.45, 7) is 1.80. The minimum Gasteiger partial charge on any atom is -0.497 e. The number of rotatable bonds is 3. The third-order valence-electron chi connectivity index (χ3n) is 4.18. The zero-order valence-corrected chi connectivity index (χ0v) is 15.8. The average molecular weight is 405 g/mol. The maximum absolute atomic E-state index is 13.1. The van der Waals surface area contributed by atoms with Gasteiger partial charge in [-0.25, -0.2) is 8.42 Å². The lowest BCUT2D eigenvalue weighted by molar-refractivity contribution is 0.415. The molecule has 27 heavy (non-hydrogen) atoms. The molecular formula is C17H13ClN4O4S. The summed E-state index contributed by atoms with van der Waals surface area (Å²) in [5, 5.41) is 7.75. The van der Waals surface area contributed by atoms with Crippen molar-refractivity contribution in [1.82, 2.24) is 19.8 Å². The fourth-order valence-electron chi connectivity index (χ4n) is 2.83. The maximum Gasteiger partial charge on any atom is 0.259 e. The number of H-pyrrole nitrogens is 1. The molecule has 0 unspecified atom stereocenters. The van der Waals surface area contributed by atoms with E-state index in [1.807, 2.05) is 0 Å². The predicted octanol–water partition coefficient (Wildman–Crippen LogP) is 2.37. The van der Waals surface area contributed by atoms with Crippen LogP contribution in [-0.2, 0) is 9.84 Å². The van der Waals surface area contributed by atoms with Crippen LogP contribution in [0.15, 0.2) is 51.1 Å². The molecule has 2 aromatic carbocycles. The van der Waals surface area contributed by atoms with Gasteiger partial charge in [0.25, 0.3) is 5.56 Å². The Morgan fingerprint density at radius 3 is 2.67 bits per heavy atom. The van der Waals surface area contributed by atoms with Gasteiger partial charge >= 0.3 is 0 Å². The second-order valence-corrected chi connectivity index (χ2v) is 8.17. The Morgan fingerprint density at radius 2 is 1.96 bits per heavy atom. The Kier molecular flexibility index (Phi) is 3.93. The Balaban J connectivity index is 2.05. The van der Waals surface area contributed by atoms with Crippen molar-refractivity contribution in [3.8, 4) is 5.75 Å². The van der Waals surface area contributed by atoms with Gasteiger partial charge in [0.1, 0.15) is 5.75 Å². The molecule has 0 amide bonds. The van der Waals surface area contributed by atoms with Crippen LogP contribution in [0.1, 0.15) is 5.56 Å². The molecule has 1 N–H and O–H groups in total. The lowest BCUT2D eigenvalue weighted by Gasteiger charge is -2.06. The summed E-state index contributed by atoms with van der Waals surface area (Å²) in [5.41, 5.74) is 0.682. The standard InChI is InChI=1S/C17H13ClN4O4S/c1-9-3-6-14(12(18)7-9)27(24,25)17-15-19-16(23)11-5-4-10(26-2)8-13(11)22(15)21-20-17/h3-8H,1-2H3,(H,19,23). The molecule has 0 fully saturated rings. The molecule has 0 radical (unpaired) electrons. The number of sulfone groups is 1. The van der Waals surface area contributed by atoms with Gasteiger partial charge in [0.15, 0.2) is 5.65 Å². The molecule has 0 aliphatic carbocycles. The normalized spacial score (nSPS) is 12.0. The molecule has 0 aliphatic heterocycles. The van der Waals surface area contributed by atoms with Gasteiger partial charge in [-0.15, -0.1) is 5.10 Å². The van der Waals surface area contributed by atoms with E-state index in [0.717, 1.165) is 5.56 Å². The van der Waals surface area contributed by atoms with E-state index in [4.69, 9.17) is 16.3 Å². The first-order chi connectivity index (χ1) is 12.8. The van der Waals surface area contributed by atoms with Crippen LogP contribution in [0.4, 0.5) is 0 Å². The first kappa shape index (κ1) is 17.5. The van der Waals surface area contributed by atoms with Crippen LogP contribution in [0.2, 0.25) is 5.02 Å². The quantitative estimate of drug-likeness (QED) is 0.561.